The van der Waals surface area contributed by atoms with Crippen molar-refractivity contribution in [3.05, 3.63) is 59.9 Å². The second-order valence-electron chi connectivity index (χ2n) is 6.41. The highest BCUT2D eigenvalue weighted by Crippen LogP contribution is 2.38. The van der Waals surface area contributed by atoms with Crippen LogP contribution in [0.2, 0.25) is 0 Å². The molecule has 136 valence electrons. The summed E-state index contributed by atoms with van der Waals surface area (Å²) in [6, 6.07) is 11.5. The molecule has 2 unspecified atom stereocenters. The number of aromatic nitrogens is 1. The molecular formula is C20H23N3O3. The van der Waals surface area contributed by atoms with Crippen molar-refractivity contribution in [2.45, 2.75) is 19.4 Å². The van der Waals surface area contributed by atoms with Gasteiger partial charge in [0.25, 0.3) is 0 Å². The number of rotatable bonds is 8. The summed E-state index contributed by atoms with van der Waals surface area (Å²) in [7, 11) is 1.63. The molecule has 2 N–H and O–H groups in total. The standard InChI is InChI=1S/C20H23N3O3/c1-26-16-4-2-14(3-5-16)8-11-22-19(24)17-12-18(17)20(25)23-13-15-6-9-21-10-7-15/h2-7,9-10,17-18H,8,11-13H2,1H3,(H,22,24)(H,23,25). The van der Waals surface area contributed by atoms with Gasteiger partial charge in [-0.05, 0) is 48.2 Å². The Hall–Kier alpha value is -2.89. The number of carbonyl (C=O) groups excluding carboxylic acids is 2. The normalized spacial score (nSPS) is 18.0. The summed E-state index contributed by atoms with van der Waals surface area (Å²) in [6.07, 6.45) is 4.76. The molecule has 2 atom stereocenters. The van der Waals surface area contributed by atoms with Crippen LogP contribution in [0.4, 0.5) is 0 Å². The quantitative estimate of drug-likeness (QED) is 0.757. The zero-order chi connectivity index (χ0) is 18.4. The molecule has 0 saturated heterocycles. The van der Waals surface area contributed by atoms with E-state index in [0.29, 0.717) is 19.5 Å². The summed E-state index contributed by atoms with van der Waals surface area (Å²) in [5.41, 5.74) is 2.13. The first-order valence-electron chi connectivity index (χ1n) is 8.74. The van der Waals surface area contributed by atoms with Crippen LogP contribution in [-0.2, 0) is 22.6 Å². The van der Waals surface area contributed by atoms with Crippen LogP contribution < -0.4 is 15.4 Å². The fourth-order valence-corrected chi connectivity index (χ4v) is 2.85. The Labute approximate surface area is 153 Å². The van der Waals surface area contributed by atoms with Gasteiger partial charge in [-0.2, -0.15) is 0 Å². The second kappa shape index (κ2) is 8.47. The fraction of sp³-hybridized carbons (Fsp3) is 0.350. The summed E-state index contributed by atoms with van der Waals surface area (Å²) < 4.78 is 5.12. The number of benzene rings is 1. The van der Waals surface area contributed by atoms with E-state index in [0.717, 1.165) is 23.3 Å². The van der Waals surface area contributed by atoms with E-state index < -0.39 is 0 Å². The molecule has 1 aromatic carbocycles. The number of methoxy groups -OCH3 is 1. The molecule has 1 saturated carbocycles. The predicted molar refractivity (Wildman–Crippen MR) is 97.4 cm³/mol. The van der Waals surface area contributed by atoms with Gasteiger partial charge in [-0.1, -0.05) is 12.1 Å². The van der Waals surface area contributed by atoms with Crippen molar-refractivity contribution in [2.24, 2.45) is 11.8 Å². The van der Waals surface area contributed by atoms with Gasteiger partial charge in [0, 0.05) is 25.5 Å². The summed E-state index contributed by atoms with van der Waals surface area (Å²) >= 11 is 0. The van der Waals surface area contributed by atoms with Gasteiger partial charge in [0.2, 0.25) is 11.8 Å². The monoisotopic (exact) mass is 353 g/mol. The molecule has 1 aromatic heterocycles. The van der Waals surface area contributed by atoms with Crippen molar-refractivity contribution in [1.82, 2.24) is 15.6 Å². The van der Waals surface area contributed by atoms with Gasteiger partial charge in [0.15, 0.2) is 0 Å². The molecule has 1 fully saturated rings. The Balaban J connectivity index is 1.36. The molecule has 1 aliphatic rings. The number of nitrogens with zero attached hydrogens (tertiary/aromatic N) is 1. The highest BCUT2D eigenvalue weighted by Gasteiger charge is 2.47. The summed E-state index contributed by atoms with van der Waals surface area (Å²) in [4.78, 5) is 28.2. The van der Waals surface area contributed by atoms with E-state index in [2.05, 4.69) is 15.6 Å². The molecule has 0 radical (unpaired) electrons. The number of hydrogen-bond donors (Lipinski definition) is 2. The Morgan fingerprint density at radius 1 is 1.00 bits per heavy atom. The number of pyridine rings is 1. The maximum Gasteiger partial charge on any atom is 0.224 e. The molecule has 0 aliphatic heterocycles. The highest BCUT2D eigenvalue weighted by molar-refractivity contribution is 5.92. The molecule has 26 heavy (non-hydrogen) atoms. The highest BCUT2D eigenvalue weighted by atomic mass is 16.5. The van der Waals surface area contributed by atoms with Crippen molar-refractivity contribution in [1.29, 1.82) is 0 Å². The van der Waals surface area contributed by atoms with Crippen molar-refractivity contribution in [3.8, 4) is 5.75 Å². The molecule has 6 nitrogen and oxygen atoms in total. The Kier molecular flexibility index (Phi) is 5.84. The van der Waals surface area contributed by atoms with Crippen LogP contribution in [0.1, 0.15) is 17.5 Å². The van der Waals surface area contributed by atoms with Crippen LogP contribution in [0.25, 0.3) is 0 Å². The number of carbonyl (C=O) groups is 2. The third kappa shape index (κ3) is 4.81. The van der Waals surface area contributed by atoms with E-state index in [-0.39, 0.29) is 23.7 Å². The number of amides is 2. The molecule has 0 spiro atoms. The van der Waals surface area contributed by atoms with Crippen LogP contribution in [0.5, 0.6) is 5.75 Å². The lowest BCUT2D eigenvalue weighted by Gasteiger charge is -2.07. The molecule has 2 aromatic rings. The molecular weight excluding hydrogens is 330 g/mol. The predicted octanol–water partition coefficient (Wildman–Crippen LogP) is 1.70. The maximum absolute atomic E-state index is 12.2. The van der Waals surface area contributed by atoms with E-state index >= 15 is 0 Å². The lowest BCUT2D eigenvalue weighted by molar-refractivity contribution is -0.127. The zero-order valence-electron chi connectivity index (χ0n) is 14.8. The Morgan fingerprint density at radius 2 is 1.65 bits per heavy atom. The maximum atomic E-state index is 12.2. The topological polar surface area (TPSA) is 80.3 Å². The number of ether oxygens (including phenoxy) is 1. The van der Waals surface area contributed by atoms with Gasteiger partial charge in [-0.25, -0.2) is 0 Å². The summed E-state index contributed by atoms with van der Waals surface area (Å²) in [6.45, 7) is 1.02. The lowest BCUT2D eigenvalue weighted by Crippen LogP contribution is -2.31. The van der Waals surface area contributed by atoms with Crippen molar-refractivity contribution < 1.29 is 14.3 Å². The van der Waals surface area contributed by atoms with E-state index in [1.54, 1.807) is 19.5 Å². The zero-order valence-corrected chi connectivity index (χ0v) is 14.8. The van der Waals surface area contributed by atoms with Gasteiger partial charge in [-0.3, -0.25) is 14.6 Å². The fourth-order valence-electron chi connectivity index (χ4n) is 2.85. The largest absolute Gasteiger partial charge is 0.497 e. The lowest BCUT2D eigenvalue weighted by atomic mass is 10.1. The van der Waals surface area contributed by atoms with Crippen molar-refractivity contribution in [3.63, 3.8) is 0 Å². The van der Waals surface area contributed by atoms with Crippen molar-refractivity contribution >= 4 is 11.8 Å². The number of hydrogen-bond acceptors (Lipinski definition) is 4. The molecule has 0 bridgehead atoms. The second-order valence-corrected chi connectivity index (χ2v) is 6.41. The third-order valence-electron chi connectivity index (χ3n) is 4.55. The average Bonchev–Trinajstić information content (AvgIpc) is 3.48. The SMILES string of the molecule is COc1ccc(CCNC(=O)C2CC2C(=O)NCc2ccncc2)cc1. The van der Waals surface area contributed by atoms with Crippen LogP contribution in [0.15, 0.2) is 48.8 Å². The first-order valence-corrected chi connectivity index (χ1v) is 8.74. The van der Waals surface area contributed by atoms with E-state index in [1.807, 2.05) is 36.4 Å². The smallest absolute Gasteiger partial charge is 0.224 e. The van der Waals surface area contributed by atoms with E-state index in [9.17, 15) is 9.59 Å². The van der Waals surface area contributed by atoms with Crippen LogP contribution >= 0.6 is 0 Å². The van der Waals surface area contributed by atoms with Gasteiger partial charge < -0.3 is 15.4 Å². The first-order chi connectivity index (χ1) is 12.7. The van der Waals surface area contributed by atoms with Crippen LogP contribution in [-0.4, -0.2) is 30.5 Å². The molecule has 6 heteroatoms. The minimum atomic E-state index is -0.210. The van der Waals surface area contributed by atoms with E-state index in [1.165, 1.54) is 0 Å². The van der Waals surface area contributed by atoms with Crippen molar-refractivity contribution in [2.75, 3.05) is 13.7 Å². The molecule has 1 aliphatic carbocycles. The number of nitrogens with one attached hydrogen (secondary N) is 2. The van der Waals surface area contributed by atoms with Gasteiger partial charge in [0.05, 0.1) is 18.9 Å². The minimum absolute atomic E-state index is 0.0393. The Bertz CT molecular complexity index is 747. The van der Waals surface area contributed by atoms with Gasteiger partial charge in [-0.15, -0.1) is 0 Å². The van der Waals surface area contributed by atoms with Gasteiger partial charge >= 0.3 is 0 Å². The van der Waals surface area contributed by atoms with Crippen LogP contribution in [0, 0.1) is 11.8 Å². The summed E-state index contributed by atoms with van der Waals surface area (Å²) in [5, 5.41) is 5.80. The van der Waals surface area contributed by atoms with E-state index in [4.69, 9.17) is 4.74 Å². The Morgan fingerprint density at radius 3 is 2.31 bits per heavy atom. The molecule has 3 rings (SSSR count). The molecule has 2 amide bonds. The molecule has 1 heterocycles. The minimum Gasteiger partial charge on any atom is -0.497 e. The van der Waals surface area contributed by atoms with Gasteiger partial charge in [0.1, 0.15) is 5.75 Å². The third-order valence-corrected chi connectivity index (χ3v) is 4.55. The van der Waals surface area contributed by atoms with Crippen LogP contribution in [0.3, 0.4) is 0 Å². The summed E-state index contributed by atoms with van der Waals surface area (Å²) in [5.74, 6) is 0.303. The average molecular weight is 353 g/mol. The first kappa shape index (κ1) is 17.9.